The number of aromatic carboxylic acids is 1. The number of hydrogen-bond acceptors (Lipinski definition) is 5. The van der Waals surface area contributed by atoms with E-state index in [1.54, 1.807) is 0 Å². The second-order valence-electron chi connectivity index (χ2n) is 3.90. The van der Waals surface area contributed by atoms with Gasteiger partial charge in [0.05, 0.1) is 11.5 Å². The Labute approximate surface area is 122 Å². The topological polar surface area (TPSA) is 92.7 Å². The fourth-order valence-corrected chi connectivity index (χ4v) is 3.79. The van der Waals surface area contributed by atoms with Gasteiger partial charge < -0.3 is 9.84 Å². The van der Waals surface area contributed by atoms with E-state index in [1.807, 2.05) is 4.72 Å². The summed E-state index contributed by atoms with van der Waals surface area (Å²) in [6.07, 6.45) is -4.47. The number of nitrogens with one attached hydrogen (secondary N) is 1. The van der Waals surface area contributed by atoms with Gasteiger partial charge in [-0.15, -0.1) is 11.3 Å². The zero-order valence-electron chi connectivity index (χ0n) is 10.7. The number of rotatable bonds is 7. The highest BCUT2D eigenvalue weighted by molar-refractivity contribution is 7.89. The van der Waals surface area contributed by atoms with Gasteiger partial charge in [0.1, 0.15) is 11.5 Å². The number of carboxylic acids is 1. The fraction of sp³-hybridized carbons (Fsp3) is 0.500. The van der Waals surface area contributed by atoms with Crippen molar-refractivity contribution < 1.29 is 36.2 Å². The lowest BCUT2D eigenvalue weighted by molar-refractivity contribution is -0.173. The minimum Gasteiger partial charge on any atom is -0.477 e. The maximum absolute atomic E-state index is 11.9. The smallest absolute Gasteiger partial charge is 0.411 e. The number of carbonyl (C=O) groups is 1. The third kappa shape index (κ3) is 5.61. The van der Waals surface area contributed by atoms with Crippen molar-refractivity contribution in [3.63, 3.8) is 0 Å². The standard InChI is InChI=1S/C10H12F3NO5S2/c1-6-8(4-7(20-6)9(15)16)21(17,18)14-2-3-19-5-10(11,12)13/h4,14H,2-3,5H2,1H3,(H,15,16). The largest absolute Gasteiger partial charge is 0.477 e. The first-order valence-corrected chi connectivity index (χ1v) is 7.81. The highest BCUT2D eigenvalue weighted by Crippen LogP contribution is 2.25. The molecule has 0 bridgehead atoms. The lowest BCUT2D eigenvalue weighted by atomic mass is 10.4. The zero-order valence-corrected chi connectivity index (χ0v) is 12.4. The van der Waals surface area contributed by atoms with E-state index in [2.05, 4.69) is 4.74 Å². The van der Waals surface area contributed by atoms with E-state index in [0.29, 0.717) is 0 Å². The van der Waals surface area contributed by atoms with Crippen LogP contribution in [0.25, 0.3) is 0 Å². The van der Waals surface area contributed by atoms with Gasteiger partial charge in [-0.2, -0.15) is 13.2 Å². The summed E-state index contributed by atoms with van der Waals surface area (Å²) in [6.45, 7) is -0.828. The highest BCUT2D eigenvalue weighted by Gasteiger charge is 2.27. The molecule has 1 heterocycles. The first kappa shape index (κ1) is 17.9. The minimum atomic E-state index is -4.47. The quantitative estimate of drug-likeness (QED) is 0.731. The first-order valence-electron chi connectivity index (χ1n) is 5.51. The SMILES string of the molecule is Cc1sc(C(=O)O)cc1S(=O)(=O)NCCOCC(F)(F)F. The molecule has 0 saturated heterocycles. The van der Waals surface area contributed by atoms with E-state index < -0.39 is 35.4 Å². The molecule has 11 heteroatoms. The molecule has 1 rings (SSSR count). The summed E-state index contributed by atoms with van der Waals surface area (Å²) in [4.78, 5) is 10.7. The number of ether oxygens (including phenoxy) is 1. The Hall–Kier alpha value is -1.17. The normalized spacial score (nSPS) is 12.6. The second-order valence-corrected chi connectivity index (χ2v) is 6.89. The van der Waals surface area contributed by atoms with Gasteiger partial charge in [-0.05, 0) is 13.0 Å². The van der Waals surface area contributed by atoms with Crippen molar-refractivity contribution in [2.75, 3.05) is 19.8 Å². The molecular formula is C10H12F3NO5S2. The number of alkyl halides is 3. The van der Waals surface area contributed by atoms with Crippen LogP contribution in [0.1, 0.15) is 14.5 Å². The number of carboxylic acid groups (broad SMARTS) is 1. The molecule has 0 amide bonds. The van der Waals surface area contributed by atoms with E-state index in [9.17, 15) is 26.4 Å². The van der Waals surface area contributed by atoms with Crippen LogP contribution in [0.3, 0.4) is 0 Å². The predicted molar refractivity (Wildman–Crippen MR) is 68.1 cm³/mol. The van der Waals surface area contributed by atoms with Crippen molar-refractivity contribution in [2.24, 2.45) is 0 Å². The van der Waals surface area contributed by atoms with Crippen molar-refractivity contribution in [3.05, 3.63) is 15.8 Å². The maximum atomic E-state index is 11.9. The van der Waals surface area contributed by atoms with Crippen molar-refractivity contribution in [2.45, 2.75) is 18.0 Å². The molecule has 6 nitrogen and oxygen atoms in total. The molecule has 0 radical (unpaired) electrons. The monoisotopic (exact) mass is 347 g/mol. The van der Waals surface area contributed by atoms with Crippen LogP contribution in [0.5, 0.6) is 0 Å². The molecule has 0 atom stereocenters. The molecule has 0 spiro atoms. The Kier molecular flexibility index (Phi) is 5.73. The van der Waals surface area contributed by atoms with Crippen LogP contribution < -0.4 is 4.72 Å². The van der Waals surface area contributed by atoms with Crippen molar-refractivity contribution >= 4 is 27.3 Å². The van der Waals surface area contributed by atoms with Gasteiger partial charge in [0.25, 0.3) is 0 Å². The van der Waals surface area contributed by atoms with Crippen LogP contribution in [-0.4, -0.2) is 45.4 Å². The number of aryl methyl sites for hydroxylation is 1. The molecule has 120 valence electrons. The van der Waals surface area contributed by atoms with Crippen molar-refractivity contribution in [3.8, 4) is 0 Å². The third-order valence-electron chi connectivity index (χ3n) is 2.18. The average Bonchev–Trinajstić information content (AvgIpc) is 2.70. The van der Waals surface area contributed by atoms with E-state index in [1.165, 1.54) is 6.92 Å². The maximum Gasteiger partial charge on any atom is 0.411 e. The molecule has 0 fully saturated rings. The summed E-state index contributed by atoms with van der Waals surface area (Å²) in [7, 11) is -3.98. The van der Waals surface area contributed by atoms with Gasteiger partial charge in [0.2, 0.25) is 10.0 Å². The predicted octanol–water partition coefficient (Wildman–Crippen LogP) is 1.61. The summed E-state index contributed by atoms with van der Waals surface area (Å²) in [5.74, 6) is -1.25. The van der Waals surface area contributed by atoms with Crippen LogP contribution in [0.2, 0.25) is 0 Å². The average molecular weight is 347 g/mol. The van der Waals surface area contributed by atoms with E-state index in [-0.39, 0.29) is 21.2 Å². The number of sulfonamides is 1. The molecule has 0 aliphatic heterocycles. The van der Waals surface area contributed by atoms with Gasteiger partial charge in [-0.1, -0.05) is 0 Å². The molecule has 0 aliphatic rings. The molecular weight excluding hydrogens is 335 g/mol. The molecule has 0 aliphatic carbocycles. The molecule has 0 unspecified atom stereocenters. The van der Waals surface area contributed by atoms with Crippen LogP contribution in [-0.2, 0) is 14.8 Å². The van der Waals surface area contributed by atoms with Gasteiger partial charge >= 0.3 is 12.1 Å². The Morgan fingerprint density at radius 2 is 2.10 bits per heavy atom. The summed E-state index contributed by atoms with van der Waals surface area (Å²) in [5.41, 5.74) is 0. The zero-order chi connectivity index (χ0) is 16.3. The molecule has 1 aromatic rings. The lowest BCUT2D eigenvalue weighted by Crippen LogP contribution is -2.29. The summed E-state index contributed by atoms with van der Waals surface area (Å²) in [6, 6.07) is 1.00. The van der Waals surface area contributed by atoms with E-state index in [0.717, 1.165) is 17.4 Å². The van der Waals surface area contributed by atoms with Gasteiger partial charge in [0.15, 0.2) is 0 Å². The molecule has 2 N–H and O–H groups in total. The van der Waals surface area contributed by atoms with Gasteiger partial charge in [-0.3, -0.25) is 0 Å². The molecule has 21 heavy (non-hydrogen) atoms. The van der Waals surface area contributed by atoms with Crippen LogP contribution in [0.15, 0.2) is 11.0 Å². The van der Waals surface area contributed by atoms with Crippen LogP contribution in [0.4, 0.5) is 13.2 Å². The Balaban J connectivity index is 2.60. The van der Waals surface area contributed by atoms with Crippen LogP contribution in [0, 0.1) is 6.92 Å². The number of hydrogen-bond donors (Lipinski definition) is 2. The first-order chi connectivity index (χ1) is 9.53. The van der Waals surface area contributed by atoms with Gasteiger partial charge in [0, 0.05) is 11.4 Å². The Morgan fingerprint density at radius 3 is 2.57 bits per heavy atom. The number of thiophene rings is 1. The Morgan fingerprint density at radius 1 is 1.48 bits per heavy atom. The second kappa shape index (κ2) is 6.73. The van der Waals surface area contributed by atoms with E-state index in [4.69, 9.17) is 5.11 Å². The third-order valence-corrected chi connectivity index (χ3v) is 4.93. The lowest BCUT2D eigenvalue weighted by Gasteiger charge is -2.08. The summed E-state index contributed by atoms with van der Waals surface area (Å²) in [5, 5.41) is 8.78. The van der Waals surface area contributed by atoms with Gasteiger partial charge in [-0.25, -0.2) is 17.9 Å². The van der Waals surface area contributed by atoms with E-state index >= 15 is 0 Å². The Bertz CT molecular complexity index is 609. The minimum absolute atomic E-state index is 0.138. The molecule has 1 aromatic heterocycles. The molecule has 0 saturated carbocycles. The summed E-state index contributed by atoms with van der Waals surface area (Å²) < 4.78 is 65.4. The molecule has 0 aromatic carbocycles. The number of halogens is 3. The summed E-state index contributed by atoms with van der Waals surface area (Å²) >= 11 is 0.798. The van der Waals surface area contributed by atoms with Crippen molar-refractivity contribution in [1.29, 1.82) is 0 Å². The highest BCUT2D eigenvalue weighted by atomic mass is 32.2. The van der Waals surface area contributed by atoms with Crippen molar-refractivity contribution in [1.82, 2.24) is 4.72 Å². The van der Waals surface area contributed by atoms with Crippen LogP contribution >= 0.6 is 11.3 Å². The fourth-order valence-electron chi connectivity index (χ4n) is 1.35.